The van der Waals surface area contributed by atoms with Crippen molar-refractivity contribution in [3.8, 4) is 22.6 Å². The predicted octanol–water partition coefficient (Wildman–Crippen LogP) is 4.25. The summed E-state index contributed by atoms with van der Waals surface area (Å²) >= 11 is 0. The Labute approximate surface area is 222 Å². The third-order valence-electron chi connectivity index (χ3n) is 7.88. The number of carbonyl (C=O) groups is 1. The Bertz CT molecular complexity index is 1430. The lowest BCUT2D eigenvalue weighted by Gasteiger charge is -2.73. The molecule has 0 radical (unpaired) electrons. The van der Waals surface area contributed by atoms with Crippen LogP contribution in [0.2, 0.25) is 0 Å². The maximum atomic E-state index is 12.6. The maximum absolute atomic E-state index is 12.6. The molecule has 3 aliphatic carbocycles. The van der Waals surface area contributed by atoms with E-state index in [9.17, 15) is 9.59 Å². The van der Waals surface area contributed by atoms with Crippen molar-refractivity contribution in [3.63, 3.8) is 0 Å². The van der Waals surface area contributed by atoms with Gasteiger partial charge in [-0.1, -0.05) is 0 Å². The minimum Gasteiger partial charge on any atom is -0.496 e. The first-order valence-corrected chi connectivity index (χ1v) is 12.8. The number of carbonyl (C=O) groups excluding carboxylic acids is 1. The highest BCUT2D eigenvalue weighted by Gasteiger charge is 2.70. The van der Waals surface area contributed by atoms with Crippen molar-refractivity contribution >= 4 is 16.9 Å². The molecule has 6 rings (SSSR count). The fraction of sp³-hybridized carbons (Fsp3) is 0.483. The van der Waals surface area contributed by atoms with Crippen LogP contribution >= 0.6 is 0 Å². The van der Waals surface area contributed by atoms with E-state index in [4.69, 9.17) is 14.2 Å². The highest BCUT2D eigenvalue weighted by molar-refractivity contribution is 5.95. The van der Waals surface area contributed by atoms with Crippen molar-refractivity contribution < 1.29 is 19.0 Å². The van der Waals surface area contributed by atoms with E-state index in [0.717, 1.165) is 52.8 Å². The molecule has 0 spiro atoms. The quantitative estimate of drug-likeness (QED) is 0.498. The molecule has 3 fully saturated rings. The molecule has 2 bridgehead atoms. The summed E-state index contributed by atoms with van der Waals surface area (Å²) in [4.78, 5) is 31.4. The number of methoxy groups -OCH3 is 2. The molecular formula is C29H36N4O5. The lowest BCUT2D eigenvalue weighted by Crippen LogP contribution is -2.83. The molecule has 0 saturated heterocycles. The Morgan fingerprint density at radius 1 is 1.13 bits per heavy atom. The number of nitrogens with one attached hydrogen (secondary N) is 1. The minimum atomic E-state index is -0.515. The van der Waals surface area contributed by atoms with E-state index in [-0.39, 0.29) is 22.7 Å². The van der Waals surface area contributed by atoms with E-state index in [1.165, 1.54) is 0 Å². The van der Waals surface area contributed by atoms with Crippen LogP contribution in [0.4, 0.5) is 4.79 Å². The second kappa shape index (κ2) is 9.01. The number of ether oxygens (including phenoxy) is 3. The normalized spacial score (nSPS) is 22.0. The number of amides is 1. The zero-order valence-corrected chi connectivity index (χ0v) is 23.2. The van der Waals surface area contributed by atoms with Crippen molar-refractivity contribution in [2.24, 2.45) is 7.05 Å². The van der Waals surface area contributed by atoms with Gasteiger partial charge >= 0.3 is 6.09 Å². The number of rotatable bonds is 7. The van der Waals surface area contributed by atoms with Crippen LogP contribution in [0.1, 0.15) is 45.6 Å². The average Bonchev–Trinajstić information content (AvgIpc) is 2.81. The third-order valence-corrected chi connectivity index (χ3v) is 7.88. The molecule has 0 atom stereocenters. The molecule has 3 aliphatic rings. The summed E-state index contributed by atoms with van der Waals surface area (Å²) < 4.78 is 18.7. The Balaban J connectivity index is 1.39. The van der Waals surface area contributed by atoms with Gasteiger partial charge < -0.3 is 24.1 Å². The van der Waals surface area contributed by atoms with Gasteiger partial charge in [0.05, 0.1) is 25.2 Å². The van der Waals surface area contributed by atoms with Crippen LogP contribution in [0.25, 0.3) is 21.9 Å². The number of benzene rings is 1. The maximum Gasteiger partial charge on any atom is 0.408 e. The zero-order chi connectivity index (χ0) is 27.5. The Kier molecular flexibility index (Phi) is 6.17. The average molecular weight is 521 g/mol. The van der Waals surface area contributed by atoms with Crippen LogP contribution in [-0.2, 0) is 18.3 Å². The molecule has 38 heavy (non-hydrogen) atoms. The molecule has 2 heterocycles. The number of nitrogens with zero attached hydrogens (tertiary/aromatic N) is 3. The summed E-state index contributed by atoms with van der Waals surface area (Å²) in [5.41, 5.74) is 2.00. The fourth-order valence-electron chi connectivity index (χ4n) is 6.03. The molecule has 1 amide bonds. The number of aromatic nitrogens is 2. The number of aryl methyl sites for hydroxylation is 1. The van der Waals surface area contributed by atoms with Crippen LogP contribution in [-0.4, -0.2) is 58.5 Å². The van der Waals surface area contributed by atoms with Gasteiger partial charge in [0.2, 0.25) is 0 Å². The largest absolute Gasteiger partial charge is 0.496 e. The van der Waals surface area contributed by atoms with Crippen molar-refractivity contribution in [1.29, 1.82) is 0 Å². The van der Waals surface area contributed by atoms with Crippen molar-refractivity contribution in [2.45, 2.75) is 63.3 Å². The molecule has 0 unspecified atom stereocenters. The number of pyridine rings is 2. The Morgan fingerprint density at radius 3 is 2.34 bits per heavy atom. The second-order valence-corrected chi connectivity index (χ2v) is 11.8. The summed E-state index contributed by atoms with van der Waals surface area (Å²) in [6.07, 6.45) is 7.44. The topological polar surface area (TPSA) is 94.9 Å². The van der Waals surface area contributed by atoms with Crippen molar-refractivity contribution in [1.82, 2.24) is 19.8 Å². The van der Waals surface area contributed by atoms with E-state index in [1.807, 2.05) is 45.2 Å². The summed E-state index contributed by atoms with van der Waals surface area (Å²) in [6.45, 7) is 6.24. The van der Waals surface area contributed by atoms with Gasteiger partial charge in [-0.25, -0.2) is 4.79 Å². The first-order chi connectivity index (χ1) is 17.9. The molecule has 9 heteroatoms. The van der Waals surface area contributed by atoms with E-state index in [2.05, 4.69) is 22.2 Å². The van der Waals surface area contributed by atoms with Gasteiger partial charge in [0.25, 0.3) is 5.56 Å². The highest BCUT2D eigenvalue weighted by Crippen LogP contribution is 2.63. The van der Waals surface area contributed by atoms with Crippen LogP contribution < -0.4 is 20.3 Å². The summed E-state index contributed by atoms with van der Waals surface area (Å²) in [6, 6.07) is 5.86. The number of fused-ring (bicyclic) bond motifs is 1. The van der Waals surface area contributed by atoms with E-state index >= 15 is 0 Å². The first kappa shape index (κ1) is 26.0. The van der Waals surface area contributed by atoms with Crippen molar-refractivity contribution in [2.75, 3.05) is 21.3 Å². The van der Waals surface area contributed by atoms with Gasteiger partial charge in [-0.3, -0.25) is 14.7 Å². The molecule has 1 aromatic carbocycles. The predicted molar refractivity (Wildman–Crippen MR) is 146 cm³/mol. The lowest BCUT2D eigenvalue weighted by molar-refractivity contribution is -0.171. The molecule has 9 nitrogen and oxygen atoms in total. The Hall–Kier alpha value is -3.59. The Morgan fingerprint density at radius 2 is 1.76 bits per heavy atom. The zero-order valence-electron chi connectivity index (χ0n) is 23.2. The standard InChI is InChI=1S/C29H36N4O5/c1-27(2,3)38-26(35)31-28-15-29(16-28,17-28)33(5)14-22-23(36-6)10-18(11-24(22)37-7)21-13-32(4)25(34)20-12-30-9-8-19(20)21/h8-13H,14-17H2,1-7H3,(H,31,35). The minimum absolute atomic E-state index is 0.0324. The smallest absolute Gasteiger partial charge is 0.408 e. The van der Waals surface area contributed by atoms with E-state index in [0.29, 0.717) is 11.9 Å². The van der Waals surface area contributed by atoms with Gasteiger partial charge in [0.15, 0.2) is 0 Å². The van der Waals surface area contributed by atoms with Crippen LogP contribution in [0.15, 0.2) is 41.6 Å². The molecule has 3 saturated carbocycles. The molecule has 3 aromatic rings. The SMILES string of the molecule is COc1cc(-c2cn(C)c(=O)c3cnccc23)cc(OC)c1CN(C)C12CC(NC(=O)OC(C)(C)C)(C1)C2. The first-order valence-electron chi connectivity index (χ1n) is 12.8. The van der Waals surface area contributed by atoms with Gasteiger partial charge in [-0.2, -0.15) is 0 Å². The monoisotopic (exact) mass is 520 g/mol. The molecule has 0 aliphatic heterocycles. The van der Waals surface area contributed by atoms with Gasteiger partial charge in [-0.05, 0) is 76.2 Å². The van der Waals surface area contributed by atoms with Crippen LogP contribution in [0.3, 0.4) is 0 Å². The van der Waals surface area contributed by atoms with Crippen molar-refractivity contribution in [3.05, 3.63) is 52.7 Å². The fourth-order valence-corrected chi connectivity index (χ4v) is 6.03. The molecule has 202 valence electrons. The summed E-state index contributed by atoms with van der Waals surface area (Å²) in [5, 5.41) is 4.48. The molecular weight excluding hydrogens is 484 g/mol. The second-order valence-electron chi connectivity index (χ2n) is 11.8. The summed E-state index contributed by atoms with van der Waals surface area (Å²) in [5.74, 6) is 1.44. The van der Waals surface area contributed by atoms with Gasteiger partial charge in [-0.15, -0.1) is 0 Å². The van der Waals surface area contributed by atoms with Gasteiger partial charge in [0.1, 0.15) is 17.1 Å². The van der Waals surface area contributed by atoms with E-state index in [1.54, 1.807) is 38.2 Å². The van der Waals surface area contributed by atoms with E-state index < -0.39 is 5.60 Å². The number of alkyl carbamates (subject to hydrolysis) is 1. The summed E-state index contributed by atoms with van der Waals surface area (Å²) in [7, 11) is 7.16. The molecule has 2 aromatic heterocycles. The number of hydrogen-bond acceptors (Lipinski definition) is 7. The molecule has 1 N–H and O–H groups in total. The highest BCUT2D eigenvalue weighted by atomic mass is 16.6. The lowest BCUT2D eigenvalue weighted by atomic mass is 9.43. The number of hydrogen-bond donors (Lipinski definition) is 1. The van der Waals surface area contributed by atoms with Crippen LogP contribution in [0.5, 0.6) is 11.5 Å². The third kappa shape index (κ3) is 4.38. The van der Waals surface area contributed by atoms with Crippen LogP contribution in [0, 0.1) is 0 Å². The van der Waals surface area contributed by atoms with Gasteiger partial charge in [0, 0.05) is 48.8 Å².